The number of rotatable bonds is 9. The van der Waals surface area contributed by atoms with E-state index < -0.39 is 5.82 Å². The summed E-state index contributed by atoms with van der Waals surface area (Å²) in [4.78, 5) is 28.0. The van der Waals surface area contributed by atoms with Crippen LogP contribution in [0.4, 0.5) is 10.2 Å². The van der Waals surface area contributed by atoms with Gasteiger partial charge in [0.25, 0.3) is 0 Å². The lowest BCUT2D eigenvalue weighted by Crippen LogP contribution is -2.41. The third-order valence-corrected chi connectivity index (χ3v) is 13.4. The van der Waals surface area contributed by atoms with Crippen molar-refractivity contribution >= 4 is 56.7 Å². The number of ether oxygens (including phenoxy) is 2. The first kappa shape index (κ1) is 35.9. The molecule has 0 spiro atoms. The van der Waals surface area contributed by atoms with Gasteiger partial charge in [0.15, 0.2) is 5.82 Å². The Morgan fingerprint density at radius 2 is 1.96 bits per heavy atom. The maximum absolute atomic E-state index is 17.3. The number of aryl methyl sites for hydroxylation is 2. The fraction of sp³-hybridized carbons (Fsp3) is 0.442. The van der Waals surface area contributed by atoms with E-state index >= 15 is 4.39 Å². The van der Waals surface area contributed by atoms with Crippen molar-refractivity contribution in [3.8, 4) is 22.9 Å². The zero-order valence-electron chi connectivity index (χ0n) is 31.1. The molecule has 2 aliphatic carbocycles. The molecule has 3 aromatic heterocycles. The molecule has 2 aromatic carbocycles. The van der Waals surface area contributed by atoms with Crippen LogP contribution in [0.3, 0.4) is 0 Å². The first-order valence-electron chi connectivity index (χ1n) is 19.8. The fourth-order valence-electron chi connectivity index (χ4n) is 9.68. The van der Waals surface area contributed by atoms with Gasteiger partial charge in [-0.05, 0) is 74.4 Å². The standard InChI is InChI=1S/C43H42Cl2FN7O3/c1-23-30-19-35(34-18-28(22-52(34)43(54)24-7-8-24)56-27-9-10-36(49-21-27)51-12-14-55-15-13-51)53(41-26-17-33(41)48-20-26)42(30)31-16-25(4-3-11-47)37(39(46)40(31)50-23)29-5-2-6-32(44)38(29)45/h2,5-6,9-10,16,19,21,24,26,28,33-34,41,48H,3-4,7-8,12-15,17-18,20,22H2,1H3/t26-,28+,33-,34-,41+/m1/s1. The van der Waals surface area contributed by atoms with Crippen LogP contribution in [0.2, 0.25) is 10.0 Å². The Labute approximate surface area is 334 Å². The second-order valence-electron chi connectivity index (χ2n) is 16.0. The molecule has 4 saturated heterocycles. The molecule has 0 radical (unpaired) electrons. The van der Waals surface area contributed by atoms with Crippen molar-refractivity contribution < 1.29 is 18.7 Å². The molecular weight excluding hydrogens is 752 g/mol. The number of fused-ring (bicyclic) bond motifs is 4. The number of anilines is 1. The predicted octanol–water partition coefficient (Wildman–Crippen LogP) is 7.96. The lowest BCUT2D eigenvalue weighted by atomic mass is 9.79. The number of nitrogens with one attached hydrogen (secondary N) is 1. The van der Waals surface area contributed by atoms with Crippen LogP contribution >= 0.6 is 23.2 Å². The lowest BCUT2D eigenvalue weighted by molar-refractivity contribution is -0.133. The van der Waals surface area contributed by atoms with Gasteiger partial charge in [0.1, 0.15) is 23.2 Å². The van der Waals surface area contributed by atoms with Gasteiger partial charge in [-0.2, -0.15) is 5.26 Å². The minimum atomic E-state index is -0.485. The Balaban J connectivity index is 1.10. The van der Waals surface area contributed by atoms with Crippen LogP contribution in [0, 0.1) is 35.9 Å². The molecule has 1 N–H and O–H groups in total. The van der Waals surface area contributed by atoms with Gasteiger partial charge in [-0.1, -0.05) is 35.3 Å². The molecule has 13 heteroatoms. The molecule has 0 unspecified atom stereocenters. The van der Waals surface area contributed by atoms with Crippen molar-refractivity contribution in [1.82, 2.24) is 24.8 Å². The average Bonchev–Trinajstić information content (AvgIpc) is 3.48. The molecule has 10 nitrogen and oxygen atoms in total. The van der Waals surface area contributed by atoms with E-state index in [0.29, 0.717) is 77.1 Å². The Hall–Kier alpha value is -4.47. The van der Waals surface area contributed by atoms with Gasteiger partial charge in [0.05, 0.1) is 59.7 Å². The van der Waals surface area contributed by atoms with Crippen molar-refractivity contribution in [2.24, 2.45) is 11.8 Å². The van der Waals surface area contributed by atoms with E-state index in [9.17, 15) is 10.1 Å². The Morgan fingerprint density at radius 3 is 2.68 bits per heavy atom. The van der Waals surface area contributed by atoms with E-state index in [2.05, 4.69) is 26.9 Å². The molecule has 288 valence electrons. The summed E-state index contributed by atoms with van der Waals surface area (Å²) in [5.74, 6) is 1.69. The van der Waals surface area contributed by atoms with E-state index in [-0.39, 0.29) is 53.0 Å². The van der Waals surface area contributed by atoms with E-state index in [1.807, 2.05) is 30.0 Å². The molecule has 6 aliphatic rings. The largest absolute Gasteiger partial charge is 0.487 e. The molecule has 1 amide bonds. The minimum Gasteiger partial charge on any atom is -0.487 e. The molecule has 11 rings (SSSR count). The number of carbonyl (C=O) groups excluding carboxylic acids is 1. The quantitative estimate of drug-likeness (QED) is 0.160. The molecular formula is C43H42Cl2FN7O3. The van der Waals surface area contributed by atoms with E-state index in [1.54, 1.807) is 24.4 Å². The average molecular weight is 795 g/mol. The number of morpholine rings is 1. The molecule has 2 saturated carbocycles. The highest BCUT2D eigenvalue weighted by molar-refractivity contribution is 6.43. The summed E-state index contributed by atoms with van der Waals surface area (Å²) in [5, 5.41) is 15.6. The third-order valence-electron chi connectivity index (χ3n) is 12.6. The lowest BCUT2D eigenvalue weighted by Gasteiger charge is -2.39. The zero-order valence-corrected chi connectivity index (χ0v) is 32.6. The molecule has 5 atom stereocenters. The second-order valence-corrected chi connectivity index (χ2v) is 16.8. The summed E-state index contributed by atoms with van der Waals surface area (Å²) >= 11 is 13.2. The van der Waals surface area contributed by atoms with Crippen LogP contribution < -0.4 is 15.0 Å². The Bertz CT molecular complexity index is 2410. The zero-order chi connectivity index (χ0) is 38.2. The topological polar surface area (TPSA) is 109 Å². The Kier molecular flexibility index (Phi) is 9.09. The highest BCUT2D eigenvalue weighted by Crippen LogP contribution is 2.51. The number of likely N-dealkylation sites (tertiary alicyclic amines) is 1. The molecule has 7 heterocycles. The normalized spacial score (nSPS) is 24.5. The monoisotopic (exact) mass is 793 g/mol. The number of pyridine rings is 2. The number of carbonyl (C=O) groups is 1. The number of amides is 1. The summed E-state index contributed by atoms with van der Waals surface area (Å²) in [5.41, 5.74) is 4.36. The molecule has 4 aliphatic heterocycles. The molecule has 6 fully saturated rings. The summed E-state index contributed by atoms with van der Waals surface area (Å²) < 4.78 is 31.8. The van der Waals surface area contributed by atoms with Crippen LogP contribution in [0.5, 0.6) is 5.75 Å². The smallest absolute Gasteiger partial charge is 0.226 e. The third kappa shape index (κ3) is 5.99. The predicted molar refractivity (Wildman–Crippen MR) is 214 cm³/mol. The van der Waals surface area contributed by atoms with Crippen molar-refractivity contribution in [2.75, 3.05) is 44.3 Å². The SMILES string of the molecule is Cc1nc2c(F)c(-c3cccc(Cl)c3Cl)c(CCC#N)cc2c2c1cc([C@H]1C[C@H](Oc3ccc(N4CCOCC4)nc3)CN1C(=O)C1CC1)n2[C@H]1[C@H]2CN[C@@H]1C2. The van der Waals surface area contributed by atoms with Crippen LogP contribution in [-0.2, 0) is 16.0 Å². The van der Waals surface area contributed by atoms with Gasteiger partial charge in [-0.15, -0.1) is 0 Å². The number of nitrogens with zero attached hydrogens (tertiary/aromatic N) is 6. The Morgan fingerprint density at radius 1 is 1.12 bits per heavy atom. The summed E-state index contributed by atoms with van der Waals surface area (Å²) in [6, 6.07) is 15.8. The van der Waals surface area contributed by atoms with Gasteiger partial charge in [-0.3, -0.25) is 4.79 Å². The first-order chi connectivity index (χ1) is 27.3. The summed E-state index contributed by atoms with van der Waals surface area (Å²) in [7, 11) is 0. The van der Waals surface area contributed by atoms with Gasteiger partial charge in [0, 0.05) is 77.7 Å². The van der Waals surface area contributed by atoms with Crippen molar-refractivity contribution in [1.29, 1.82) is 5.26 Å². The van der Waals surface area contributed by atoms with Gasteiger partial charge in [-0.25, -0.2) is 14.4 Å². The fourth-order valence-corrected chi connectivity index (χ4v) is 10.1. The number of halogens is 3. The van der Waals surface area contributed by atoms with Gasteiger partial charge < -0.3 is 29.2 Å². The van der Waals surface area contributed by atoms with E-state index in [1.165, 1.54) is 0 Å². The van der Waals surface area contributed by atoms with Crippen LogP contribution in [-0.4, -0.2) is 76.9 Å². The van der Waals surface area contributed by atoms with Gasteiger partial charge >= 0.3 is 0 Å². The van der Waals surface area contributed by atoms with Crippen LogP contribution in [0.1, 0.15) is 61.1 Å². The second kappa shape index (κ2) is 14.2. The number of hydrogen-bond acceptors (Lipinski definition) is 8. The molecule has 56 heavy (non-hydrogen) atoms. The molecule has 5 aromatic rings. The number of benzene rings is 2. The number of nitriles is 1. The van der Waals surface area contributed by atoms with Crippen molar-refractivity contribution in [2.45, 2.75) is 69.7 Å². The summed E-state index contributed by atoms with van der Waals surface area (Å²) in [6.07, 6.45) is 5.55. The highest BCUT2D eigenvalue weighted by Gasteiger charge is 2.51. The van der Waals surface area contributed by atoms with Crippen molar-refractivity contribution in [3.63, 3.8) is 0 Å². The van der Waals surface area contributed by atoms with Gasteiger partial charge in [0.2, 0.25) is 5.91 Å². The maximum atomic E-state index is 17.3. The van der Waals surface area contributed by atoms with E-state index in [0.717, 1.165) is 61.3 Å². The maximum Gasteiger partial charge on any atom is 0.226 e. The minimum absolute atomic E-state index is 0.0304. The molecule has 2 bridgehead atoms. The van der Waals surface area contributed by atoms with Crippen LogP contribution in [0.15, 0.2) is 48.7 Å². The first-order valence-corrected chi connectivity index (χ1v) is 20.5. The number of hydrogen-bond donors (Lipinski definition) is 1. The van der Waals surface area contributed by atoms with E-state index in [4.69, 9.17) is 42.6 Å². The van der Waals surface area contributed by atoms with Crippen LogP contribution in [0.25, 0.3) is 32.9 Å². The highest BCUT2D eigenvalue weighted by atomic mass is 35.5. The van der Waals surface area contributed by atoms with Crippen molar-refractivity contribution in [3.05, 3.63) is 81.5 Å². The summed E-state index contributed by atoms with van der Waals surface area (Å²) in [6.45, 7) is 6.28. The number of aromatic nitrogens is 3.